The molecule has 0 unspecified atom stereocenters. The van der Waals surface area contributed by atoms with Crippen molar-refractivity contribution < 1.29 is 19.0 Å². The molecule has 2 aromatic carbocycles. The number of imidazole rings is 1. The zero-order valence-electron chi connectivity index (χ0n) is 17.2. The fourth-order valence-electron chi connectivity index (χ4n) is 3.99. The molecule has 0 amide bonds. The predicted molar refractivity (Wildman–Crippen MR) is 117 cm³/mol. The van der Waals surface area contributed by atoms with E-state index in [0.717, 1.165) is 11.1 Å². The minimum absolute atomic E-state index is 0.161. The van der Waals surface area contributed by atoms with E-state index in [-0.39, 0.29) is 39.6 Å². The highest BCUT2D eigenvalue weighted by Crippen LogP contribution is 2.41. The van der Waals surface area contributed by atoms with Gasteiger partial charge < -0.3 is 24.0 Å². The smallest absolute Gasteiger partial charge is 0.344 e. The Morgan fingerprint density at radius 3 is 1.78 bits per heavy atom. The molecule has 0 saturated carbocycles. The van der Waals surface area contributed by atoms with E-state index >= 15 is 0 Å². The van der Waals surface area contributed by atoms with Gasteiger partial charge >= 0.3 is 11.3 Å². The minimum Gasteiger partial charge on any atom is -0.507 e. The summed E-state index contributed by atoms with van der Waals surface area (Å²) >= 11 is 0. The third-order valence-electron chi connectivity index (χ3n) is 5.51. The lowest BCUT2D eigenvalue weighted by atomic mass is 9.89. The van der Waals surface area contributed by atoms with Crippen LogP contribution in [0.15, 0.2) is 67.2 Å². The highest BCUT2D eigenvalue weighted by molar-refractivity contribution is 5.87. The maximum atomic E-state index is 13.0. The highest BCUT2D eigenvalue weighted by Gasteiger charge is 2.34. The zero-order valence-corrected chi connectivity index (χ0v) is 17.2. The molecule has 0 atom stereocenters. The predicted octanol–water partition coefficient (Wildman–Crippen LogP) is 3.83. The van der Waals surface area contributed by atoms with Gasteiger partial charge in [-0.15, -0.1) is 0 Å². The molecular weight excluding hydrogens is 412 g/mol. The second kappa shape index (κ2) is 7.12. The summed E-state index contributed by atoms with van der Waals surface area (Å²) in [5.41, 5.74) is -0.0978. The first-order chi connectivity index (χ1) is 15.3. The van der Waals surface area contributed by atoms with Crippen LogP contribution in [0.1, 0.15) is 34.0 Å². The van der Waals surface area contributed by atoms with Gasteiger partial charge in [0.1, 0.15) is 28.5 Å². The van der Waals surface area contributed by atoms with Crippen molar-refractivity contribution >= 4 is 21.9 Å². The molecular formula is C24H18N2O6. The fraction of sp³-hybridized carbons (Fsp3) is 0.125. The van der Waals surface area contributed by atoms with E-state index in [1.54, 1.807) is 36.4 Å². The van der Waals surface area contributed by atoms with Crippen molar-refractivity contribution in [3.8, 4) is 11.5 Å². The van der Waals surface area contributed by atoms with E-state index < -0.39 is 17.2 Å². The van der Waals surface area contributed by atoms with Crippen LogP contribution in [0.25, 0.3) is 21.9 Å². The van der Waals surface area contributed by atoms with Gasteiger partial charge in [-0.2, -0.15) is 0 Å². The number of fused-ring (bicyclic) bond motifs is 2. The summed E-state index contributed by atoms with van der Waals surface area (Å²) in [6.07, 6.45) is 2.95. The van der Waals surface area contributed by atoms with Crippen molar-refractivity contribution in [3.63, 3.8) is 0 Å². The van der Waals surface area contributed by atoms with Crippen molar-refractivity contribution in [3.05, 3.63) is 97.7 Å². The molecule has 0 bridgehead atoms. The Morgan fingerprint density at radius 1 is 0.844 bits per heavy atom. The number of H-pyrrole nitrogens is 1. The van der Waals surface area contributed by atoms with Crippen LogP contribution < -0.4 is 11.3 Å². The summed E-state index contributed by atoms with van der Waals surface area (Å²) in [5, 5.41) is 22.8. The van der Waals surface area contributed by atoms with Crippen LogP contribution in [0.2, 0.25) is 0 Å². The largest absolute Gasteiger partial charge is 0.507 e. The van der Waals surface area contributed by atoms with Gasteiger partial charge in [0.25, 0.3) is 0 Å². The molecule has 8 heteroatoms. The molecule has 0 spiro atoms. The zero-order chi connectivity index (χ0) is 22.6. The van der Waals surface area contributed by atoms with Crippen molar-refractivity contribution in [1.29, 1.82) is 0 Å². The summed E-state index contributed by atoms with van der Waals surface area (Å²) in [6, 6.07) is 10.0. The molecule has 0 radical (unpaired) electrons. The van der Waals surface area contributed by atoms with Crippen LogP contribution in [0.5, 0.6) is 11.5 Å². The Balaban J connectivity index is 1.90. The average Bonchev–Trinajstić information content (AvgIpc) is 3.28. The minimum atomic E-state index is -1.26. The normalized spacial score (nSPS) is 11.6. The van der Waals surface area contributed by atoms with Gasteiger partial charge in [-0.3, -0.25) is 0 Å². The number of benzene rings is 2. The molecule has 0 aliphatic rings. The lowest BCUT2D eigenvalue weighted by Crippen LogP contribution is -2.22. The van der Waals surface area contributed by atoms with Gasteiger partial charge in [-0.1, -0.05) is 23.3 Å². The molecule has 0 saturated heterocycles. The number of hydrogen-bond donors (Lipinski definition) is 3. The first kappa shape index (κ1) is 19.6. The standard InChI is InChI=1S/C24H18N2O6/c1-11-3-5-15-13(9-11)20(27)18(23(29)31-15)17(22-25-7-8-26-22)19-21(28)14-10-12(2)4-6-16(14)32-24(19)30/h3-10,17,27-28H,1-2H3,(H,25,26). The quantitative estimate of drug-likeness (QED) is 0.371. The Morgan fingerprint density at radius 2 is 1.34 bits per heavy atom. The maximum Gasteiger partial charge on any atom is 0.344 e. The van der Waals surface area contributed by atoms with Crippen LogP contribution >= 0.6 is 0 Å². The molecule has 5 rings (SSSR count). The molecule has 0 fully saturated rings. The second-order valence-electron chi connectivity index (χ2n) is 7.71. The van der Waals surface area contributed by atoms with Gasteiger partial charge in [-0.05, 0) is 38.1 Å². The van der Waals surface area contributed by atoms with E-state index in [2.05, 4.69) is 9.97 Å². The number of aromatic nitrogens is 2. The Kier molecular flexibility index (Phi) is 4.37. The number of hydrogen-bond acceptors (Lipinski definition) is 7. The highest BCUT2D eigenvalue weighted by atomic mass is 16.4. The van der Waals surface area contributed by atoms with Crippen LogP contribution in [0.3, 0.4) is 0 Å². The third kappa shape index (κ3) is 2.96. The summed E-state index contributed by atoms with van der Waals surface area (Å²) in [4.78, 5) is 33.1. The van der Waals surface area contributed by atoms with Crippen molar-refractivity contribution in [1.82, 2.24) is 9.97 Å². The maximum absolute atomic E-state index is 13.0. The number of aromatic hydroxyl groups is 2. The molecule has 8 nitrogen and oxygen atoms in total. The molecule has 3 N–H and O–H groups in total. The van der Waals surface area contributed by atoms with Gasteiger partial charge in [0.05, 0.1) is 27.8 Å². The lowest BCUT2D eigenvalue weighted by Gasteiger charge is -2.17. The Hall–Kier alpha value is -4.33. The van der Waals surface area contributed by atoms with E-state index in [1.807, 2.05) is 13.8 Å². The SMILES string of the molecule is Cc1ccc2oc(=O)c(C(c3ncc[nH]3)c3c(O)c4cc(C)ccc4oc3=O)c(O)c2c1. The van der Waals surface area contributed by atoms with Gasteiger partial charge in [0.15, 0.2) is 0 Å². The van der Waals surface area contributed by atoms with E-state index in [9.17, 15) is 19.8 Å². The summed E-state index contributed by atoms with van der Waals surface area (Å²) in [6.45, 7) is 3.67. The number of rotatable bonds is 3. The molecule has 32 heavy (non-hydrogen) atoms. The lowest BCUT2D eigenvalue weighted by molar-refractivity contribution is 0.439. The average molecular weight is 430 g/mol. The Labute approximate surface area is 180 Å². The number of nitrogens with one attached hydrogen (secondary N) is 1. The van der Waals surface area contributed by atoms with Crippen LogP contribution in [-0.2, 0) is 0 Å². The molecule has 0 aliphatic carbocycles. The van der Waals surface area contributed by atoms with Crippen molar-refractivity contribution in [2.24, 2.45) is 0 Å². The first-order valence-corrected chi connectivity index (χ1v) is 9.87. The van der Waals surface area contributed by atoms with Crippen molar-refractivity contribution in [2.75, 3.05) is 0 Å². The molecule has 5 aromatic rings. The van der Waals surface area contributed by atoms with E-state index in [0.29, 0.717) is 10.8 Å². The topological polar surface area (TPSA) is 130 Å². The Bertz CT molecular complexity index is 1510. The van der Waals surface area contributed by atoms with Crippen LogP contribution in [-0.4, -0.2) is 20.2 Å². The summed E-state index contributed by atoms with van der Waals surface area (Å²) in [7, 11) is 0. The second-order valence-corrected chi connectivity index (χ2v) is 7.71. The van der Waals surface area contributed by atoms with E-state index in [1.165, 1.54) is 12.4 Å². The van der Waals surface area contributed by atoms with Gasteiger partial charge in [0, 0.05) is 12.4 Å². The van der Waals surface area contributed by atoms with Crippen molar-refractivity contribution in [2.45, 2.75) is 19.8 Å². The summed E-state index contributed by atoms with van der Waals surface area (Å²) in [5.74, 6) is -1.81. The van der Waals surface area contributed by atoms with Crippen LogP contribution in [0.4, 0.5) is 0 Å². The van der Waals surface area contributed by atoms with Gasteiger partial charge in [-0.25, -0.2) is 14.6 Å². The third-order valence-corrected chi connectivity index (χ3v) is 5.51. The fourth-order valence-corrected chi connectivity index (χ4v) is 3.99. The number of nitrogens with zero attached hydrogens (tertiary/aromatic N) is 1. The first-order valence-electron chi connectivity index (χ1n) is 9.87. The number of aromatic amines is 1. The number of aryl methyl sites for hydroxylation is 2. The molecule has 3 heterocycles. The molecule has 0 aliphatic heterocycles. The molecule has 3 aromatic heterocycles. The van der Waals surface area contributed by atoms with Gasteiger partial charge in [0.2, 0.25) is 0 Å². The molecule has 160 valence electrons. The van der Waals surface area contributed by atoms with E-state index in [4.69, 9.17) is 8.83 Å². The van der Waals surface area contributed by atoms with Crippen LogP contribution in [0, 0.1) is 13.8 Å². The summed E-state index contributed by atoms with van der Waals surface area (Å²) < 4.78 is 10.9. The monoisotopic (exact) mass is 430 g/mol.